The number of Topliss-reactive ketones (excluding diaryl/α,β-unsaturated/α-hetero) is 1. The molecule has 3 aromatic rings. The van der Waals surface area contributed by atoms with E-state index in [9.17, 15) is 30.0 Å². The molecule has 0 aliphatic heterocycles. The lowest BCUT2D eigenvalue weighted by atomic mass is 9.81. The highest BCUT2D eigenvalue weighted by Gasteiger charge is 2.35. The lowest BCUT2D eigenvalue weighted by molar-refractivity contribution is 0.101. The van der Waals surface area contributed by atoms with Crippen LogP contribution < -0.4 is 5.63 Å². The summed E-state index contributed by atoms with van der Waals surface area (Å²) in [4.78, 5) is 25.8. The summed E-state index contributed by atoms with van der Waals surface area (Å²) < 4.78 is 5.57. The predicted octanol–water partition coefficient (Wildman–Crippen LogP) is 5.61. The van der Waals surface area contributed by atoms with E-state index in [2.05, 4.69) is 0 Å². The Morgan fingerprint density at radius 2 is 1.58 bits per heavy atom. The first-order valence-electron chi connectivity index (χ1n) is 11.8. The van der Waals surface area contributed by atoms with Gasteiger partial charge in [0.05, 0.1) is 11.5 Å². The molecule has 1 aromatic heterocycles. The van der Waals surface area contributed by atoms with Crippen molar-refractivity contribution < 1.29 is 29.6 Å². The van der Waals surface area contributed by atoms with Crippen molar-refractivity contribution in [3.05, 3.63) is 91.5 Å². The van der Waals surface area contributed by atoms with Crippen LogP contribution in [0.4, 0.5) is 0 Å². The largest absolute Gasteiger partial charge is 0.507 e. The highest BCUT2D eigenvalue weighted by atomic mass is 16.4. The van der Waals surface area contributed by atoms with Crippen LogP contribution in [0.5, 0.6) is 23.0 Å². The fourth-order valence-corrected chi connectivity index (χ4v) is 4.41. The normalized spacial score (nSPS) is 11.8. The maximum absolute atomic E-state index is 13.3. The Kier molecular flexibility index (Phi) is 7.93. The van der Waals surface area contributed by atoms with Gasteiger partial charge in [0.1, 0.15) is 34.3 Å². The van der Waals surface area contributed by atoms with Crippen LogP contribution in [0.15, 0.2) is 51.2 Å². The molecule has 190 valence electrons. The third kappa shape index (κ3) is 4.87. The lowest BCUT2D eigenvalue weighted by Gasteiger charge is -2.25. The van der Waals surface area contributed by atoms with Gasteiger partial charge < -0.3 is 24.8 Å². The Morgan fingerprint density at radius 3 is 2.14 bits per heavy atom. The van der Waals surface area contributed by atoms with Gasteiger partial charge in [-0.1, -0.05) is 48.9 Å². The molecule has 1 heterocycles. The van der Waals surface area contributed by atoms with Crippen molar-refractivity contribution in [2.75, 3.05) is 0 Å². The van der Waals surface area contributed by atoms with E-state index in [1.165, 1.54) is 6.92 Å². The average molecular weight is 493 g/mol. The van der Waals surface area contributed by atoms with Crippen LogP contribution in [0, 0.1) is 6.92 Å². The van der Waals surface area contributed by atoms with E-state index in [0.29, 0.717) is 29.7 Å². The van der Waals surface area contributed by atoms with Crippen molar-refractivity contribution in [2.24, 2.45) is 0 Å². The zero-order chi connectivity index (χ0) is 26.7. The molecular formula is C29H32O7. The van der Waals surface area contributed by atoms with Gasteiger partial charge in [0.2, 0.25) is 0 Å². The van der Waals surface area contributed by atoms with Crippen molar-refractivity contribution in [1.29, 1.82) is 0 Å². The predicted molar refractivity (Wildman–Crippen MR) is 137 cm³/mol. The standard InChI is InChI=1S/C29H32O7/c1-6-10-20-16(4)25(31)24(29(35)36-20)22(18-11-8-7-9-12-18)23-27(33)19(14-13-15(2)3)26(32)21(17(5)30)28(23)34/h7-9,11-13,22,31-34H,6,10,14H2,1-5H3. The molecule has 3 rings (SSSR count). The van der Waals surface area contributed by atoms with Crippen molar-refractivity contribution in [2.45, 2.75) is 59.8 Å². The molecule has 7 nitrogen and oxygen atoms in total. The molecule has 1 unspecified atom stereocenters. The fraction of sp³-hybridized carbons (Fsp3) is 0.310. The van der Waals surface area contributed by atoms with Crippen molar-refractivity contribution >= 4 is 5.78 Å². The van der Waals surface area contributed by atoms with Gasteiger partial charge >= 0.3 is 5.63 Å². The maximum atomic E-state index is 13.3. The number of hydrogen-bond donors (Lipinski definition) is 4. The number of rotatable bonds is 8. The van der Waals surface area contributed by atoms with Gasteiger partial charge in [-0.3, -0.25) is 4.79 Å². The number of phenols is 3. The molecule has 7 heteroatoms. The molecule has 1 atom stereocenters. The summed E-state index contributed by atoms with van der Waals surface area (Å²) in [7, 11) is 0. The van der Waals surface area contributed by atoms with E-state index in [-0.39, 0.29) is 34.4 Å². The zero-order valence-electron chi connectivity index (χ0n) is 21.2. The molecular weight excluding hydrogens is 460 g/mol. The minimum absolute atomic E-state index is 0.0262. The van der Waals surface area contributed by atoms with Gasteiger partial charge in [0.25, 0.3) is 0 Å². The summed E-state index contributed by atoms with van der Waals surface area (Å²) in [5, 5.41) is 44.6. The number of hydrogen-bond acceptors (Lipinski definition) is 7. The van der Waals surface area contributed by atoms with Gasteiger partial charge in [0.15, 0.2) is 5.78 Å². The Bertz CT molecular complexity index is 1380. The van der Waals surface area contributed by atoms with Gasteiger partial charge in [0, 0.05) is 23.1 Å². The number of ketones is 1. The first-order chi connectivity index (χ1) is 17.0. The molecule has 0 amide bonds. The van der Waals surface area contributed by atoms with E-state index in [1.54, 1.807) is 43.3 Å². The number of phenolic OH excluding ortho intramolecular Hbond substituents is 3. The third-order valence-electron chi connectivity index (χ3n) is 6.27. The fourth-order valence-electron chi connectivity index (χ4n) is 4.41. The summed E-state index contributed by atoms with van der Waals surface area (Å²) in [6, 6.07) is 8.53. The smallest absolute Gasteiger partial charge is 0.343 e. The van der Waals surface area contributed by atoms with Crippen LogP contribution in [0.2, 0.25) is 0 Å². The Morgan fingerprint density at radius 1 is 0.944 bits per heavy atom. The summed E-state index contributed by atoms with van der Waals surface area (Å²) in [5.41, 5.74) is 0.222. The number of carbonyl (C=O) groups is 1. The molecule has 0 fully saturated rings. The van der Waals surface area contributed by atoms with Crippen molar-refractivity contribution in [3.63, 3.8) is 0 Å². The second-order valence-corrected chi connectivity index (χ2v) is 9.15. The molecule has 4 N–H and O–H groups in total. The van der Waals surface area contributed by atoms with Crippen LogP contribution in [-0.4, -0.2) is 26.2 Å². The SMILES string of the molecule is CCCc1oc(=O)c(C(c2ccccc2)c2c(O)c(CC=C(C)C)c(O)c(C(C)=O)c2O)c(O)c1C. The number of aromatic hydroxyl groups is 4. The molecule has 0 radical (unpaired) electrons. The highest BCUT2D eigenvalue weighted by Crippen LogP contribution is 2.50. The van der Waals surface area contributed by atoms with Crippen LogP contribution in [0.25, 0.3) is 0 Å². The topological polar surface area (TPSA) is 128 Å². The Labute approximate surface area is 210 Å². The first kappa shape index (κ1) is 26.6. The lowest BCUT2D eigenvalue weighted by Crippen LogP contribution is -2.18. The summed E-state index contributed by atoms with van der Waals surface area (Å²) in [6.45, 7) is 8.43. The number of aryl methyl sites for hydroxylation is 1. The minimum atomic E-state index is -1.19. The van der Waals surface area contributed by atoms with E-state index < -0.39 is 34.6 Å². The molecule has 0 aliphatic carbocycles. The van der Waals surface area contributed by atoms with Crippen molar-refractivity contribution in [3.8, 4) is 23.0 Å². The molecule has 0 saturated heterocycles. The summed E-state index contributed by atoms with van der Waals surface area (Å²) in [6.07, 6.45) is 2.97. The van der Waals surface area contributed by atoms with Gasteiger partial charge in [-0.15, -0.1) is 0 Å². The molecule has 0 bridgehead atoms. The van der Waals surface area contributed by atoms with Gasteiger partial charge in [-0.05, 0) is 46.1 Å². The third-order valence-corrected chi connectivity index (χ3v) is 6.27. The van der Waals surface area contributed by atoms with Crippen LogP contribution >= 0.6 is 0 Å². The minimum Gasteiger partial charge on any atom is -0.507 e. The first-order valence-corrected chi connectivity index (χ1v) is 11.8. The average Bonchev–Trinajstić information content (AvgIpc) is 2.81. The zero-order valence-corrected chi connectivity index (χ0v) is 21.2. The van der Waals surface area contributed by atoms with Crippen LogP contribution in [-0.2, 0) is 12.8 Å². The molecule has 0 saturated carbocycles. The van der Waals surface area contributed by atoms with E-state index >= 15 is 0 Å². The Balaban J connectivity index is 2.50. The molecule has 2 aromatic carbocycles. The van der Waals surface area contributed by atoms with E-state index in [0.717, 1.165) is 5.57 Å². The highest BCUT2D eigenvalue weighted by molar-refractivity contribution is 6.01. The van der Waals surface area contributed by atoms with Gasteiger partial charge in [-0.25, -0.2) is 4.79 Å². The van der Waals surface area contributed by atoms with Crippen molar-refractivity contribution in [1.82, 2.24) is 0 Å². The molecule has 0 spiro atoms. The summed E-state index contributed by atoms with van der Waals surface area (Å²) in [5.74, 6) is -3.45. The van der Waals surface area contributed by atoms with E-state index in [1.807, 2.05) is 20.8 Å². The number of carbonyl (C=O) groups excluding carboxylic acids is 1. The van der Waals surface area contributed by atoms with Crippen LogP contribution in [0.1, 0.15) is 84.0 Å². The second kappa shape index (κ2) is 10.7. The van der Waals surface area contributed by atoms with Crippen LogP contribution in [0.3, 0.4) is 0 Å². The van der Waals surface area contributed by atoms with Gasteiger partial charge in [-0.2, -0.15) is 0 Å². The monoisotopic (exact) mass is 492 g/mol. The summed E-state index contributed by atoms with van der Waals surface area (Å²) >= 11 is 0. The molecule has 0 aliphatic rings. The second-order valence-electron chi connectivity index (χ2n) is 9.15. The quantitative estimate of drug-likeness (QED) is 0.237. The Hall–Kier alpha value is -4.00. The number of benzene rings is 2. The molecule has 36 heavy (non-hydrogen) atoms. The van der Waals surface area contributed by atoms with E-state index in [4.69, 9.17) is 4.42 Å². The number of allylic oxidation sites excluding steroid dienone is 2. The maximum Gasteiger partial charge on any atom is 0.343 e.